The van der Waals surface area contributed by atoms with Gasteiger partial charge in [-0.05, 0) is 0 Å². The number of H-pyrrole nitrogens is 3. The zero-order valence-electron chi connectivity index (χ0n) is 17.0. The first kappa shape index (κ1) is 19.0. The minimum absolute atomic E-state index is 0.389. The largest absolute Gasteiger partial charge is 0.321 e. The van der Waals surface area contributed by atoms with Gasteiger partial charge in [-0.15, -0.1) is 0 Å². The van der Waals surface area contributed by atoms with E-state index in [0.717, 1.165) is 45.4 Å². The minimum atomic E-state index is -0.656. The average Bonchev–Trinajstić information content (AvgIpc) is 3.67. The molecule has 9 rings (SSSR count). The highest BCUT2D eigenvalue weighted by atomic mass is 32.1. The lowest BCUT2D eigenvalue weighted by Crippen LogP contribution is -2.15. The third-order valence-electron chi connectivity index (χ3n) is 5.65. The summed E-state index contributed by atoms with van der Waals surface area (Å²) in [4.78, 5) is 33.4. The monoisotopic (exact) mass is 548 g/mol. The molecular weight excluding hydrogens is 545 g/mol. The molecule has 1 unspecified atom stereocenters. The molecule has 0 amide bonds. The molecule has 3 aromatic heterocycles. The summed E-state index contributed by atoms with van der Waals surface area (Å²) in [5, 5.41) is 0. The maximum absolute atomic E-state index is 4.79. The molecule has 16 nitrogen and oxygen atoms in total. The van der Waals surface area contributed by atoms with Crippen molar-refractivity contribution in [3.63, 3.8) is 0 Å². The number of nitrogens with one attached hydrogen (secondary N) is 3. The molecule has 9 heterocycles. The van der Waals surface area contributed by atoms with Gasteiger partial charge in [0.2, 0.25) is 0 Å². The second-order valence-corrected chi connectivity index (χ2v) is 9.75. The van der Waals surface area contributed by atoms with Gasteiger partial charge < -0.3 is 15.0 Å². The van der Waals surface area contributed by atoms with Gasteiger partial charge in [0.15, 0.2) is 79.7 Å². The SMILES string of the molecule is N1=S=NC2=C1C1=NC2N=c2[nH]c(c3c2N=S=N3)=Nc2[nH]c(c3c2N=S=N3)/N=c2\[nH]c(c3c2N=S=N3)=N1. The van der Waals surface area contributed by atoms with E-state index in [1.54, 1.807) is 0 Å². The van der Waals surface area contributed by atoms with E-state index in [2.05, 4.69) is 49.9 Å². The second-order valence-electron chi connectivity index (χ2n) is 7.64. The fourth-order valence-electron chi connectivity index (χ4n) is 4.07. The third kappa shape index (κ3) is 2.47. The van der Waals surface area contributed by atoms with Crippen LogP contribution in [0, 0.1) is 0 Å². The molecule has 8 bridgehead atoms. The standard InChI is InChI=1S/C16H4N16S4/c17-9-1-2(26-33-25-1)10(17)22-12-5-6(30-35-29-5)14(19-12)24-16-8-7(31-36-32-8)15(20-16)23-13-4-3(27-34-28-4)11(18-13)21-9/h9,20H,(H,18,21,23)(H,17,19,22,24). The molecule has 3 aromatic rings. The van der Waals surface area contributed by atoms with Gasteiger partial charge in [0, 0.05) is 0 Å². The second kappa shape index (κ2) is 6.69. The lowest BCUT2D eigenvalue weighted by atomic mass is 10.3. The van der Waals surface area contributed by atoms with Crippen molar-refractivity contribution in [1.82, 2.24) is 15.0 Å². The molecule has 0 radical (unpaired) electrons. The van der Waals surface area contributed by atoms with Crippen molar-refractivity contribution in [2.24, 2.45) is 59.9 Å². The van der Waals surface area contributed by atoms with Crippen LogP contribution in [0.15, 0.2) is 71.3 Å². The van der Waals surface area contributed by atoms with Crippen molar-refractivity contribution in [1.29, 1.82) is 0 Å². The van der Waals surface area contributed by atoms with E-state index < -0.39 is 6.17 Å². The van der Waals surface area contributed by atoms with Crippen molar-refractivity contribution in [3.05, 3.63) is 33.3 Å². The third-order valence-corrected chi connectivity index (χ3v) is 7.78. The van der Waals surface area contributed by atoms with Gasteiger partial charge in [-0.1, -0.05) is 0 Å². The molecule has 0 saturated carbocycles. The van der Waals surface area contributed by atoms with E-state index in [1.165, 1.54) is 0 Å². The number of aromatic nitrogens is 3. The Morgan fingerprint density at radius 3 is 1.67 bits per heavy atom. The van der Waals surface area contributed by atoms with Gasteiger partial charge in [-0.25, -0.2) is 25.0 Å². The first-order valence-corrected chi connectivity index (χ1v) is 13.0. The topological polar surface area (TPSA) is 208 Å². The van der Waals surface area contributed by atoms with Crippen LogP contribution in [0.3, 0.4) is 0 Å². The van der Waals surface area contributed by atoms with Crippen LogP contribution in [0.4, 0.5) is 45.8 Å². The molecule has 172 valence electrons. The first-order chi connectivity index (χ1) is 17.8. The quantitative estimate of drug-likeness (QED) is 0.250. The number of hydrogen-bond donors (Lipinski definition) is 3. The number of aromatic amines is 3. The van der Waals surface area contributed by atoms with Gasteiger partial charge in [-0.2, -0.15) is 34.9 Å². The van der Waals surface area contributed by atoms with E-state index in [4.69, 9.17) is 25.0 Å². The van der Waals surface area contributed by atoms with Crippen molar-refractivity contribution in [3.8, 4) is 0 Å². The van der Waals surface area contributed by atoms with E-state index in [1.807, 2.05) is 0 Å². The number of hydrogen-bond acceptors (Lipinski definition) is 13. The molecule has 0 fully saturated rings. The van der Waals surface area contributed by atoms with E-state index in [9.17, 15) is 0 Å². The van der Waals surface area contributed by atoms with Gasteiger partial charge in [0.25, 0.3) is 0 Å². The van der Waals surface area contributed by atoms with Crippen LogP contribution >= 0.6 is 0 Å². The van der Waals surface area contributed by atoms with Crippen molar-refractivity contribution < 1.29 is 0 Å². The van der Waals surface area contributed by atoms with Crippen LogP contribution < -0.4 is 22.0 Å². The van der Waals surface area contributed by atoms with Crippen LogP contribution in [0.1, 0.15) is 0 Å². The molecule has 0 aliphatic carbocycles. The Labute approximate surface area is 210 Å². The molecular formula is C16H4N16S4. The molecule has 0 aromatic carbocycles. The van der Waals surface area contributed by atoms with E-state index >= 15 is 0 Å². The van der Waals surface area contributed by atoms with Crippen LogP contribution in [0.2, 0.25) is 0 Å². The molecule has 6 aliphatic rings. The van der Waals surface area contributed by atoms with E-state index in [0.29, 0.717) is 84.9 Å². The Kier molecular flexibility index (Phi) is 3.53. The lowest BCUT2D eigenvalue weighted by Gasteiger charge is -1.98. The van der Waals surface area contributed by atoms with Gasteiger partial charge in [0.1, 0.15) is 11.4 Å². The highest BCUT2D eigenvalue weighted by molar-refractivity contribution is 7.58. The zero-order valence-corrected chi connectivity index (χ0v) is 20.3. The number of rotatable bonds is 0. The van der Waals surface area contributed by atoms with Crippen molar-refractivity contribution >= 4 is 97.0 Å². The molecule has 20 heteroatoms. The molecule has 3 N–H and O–H groups in total. The highest BCUT2D eigenvalue weighted by Crippen LogP contribution is 2.47. The smallest absolute Gasteiger partial charge is 0.190 e. The molecule has 36 heavy (non-hydrogen) atoms. The van der Waals surface area contributed by atoms with Crippen LogP contribution in [0.5, 0.6) is 0 Å². The summed E-state index contributed by atoms with van der Waals surface area (Å²) in [5.74, 6) is 1.34. The Morgan fingerprint density at radius 2 is 1.00 bits per heavy atom. The minimum Gasteiger partial charge on any atom is -0.321 e. The van der Waals surface area contributed by atoms with Crippen LogP contribution in [0.25, 0.3) is 0 Å². The predicted octanol–water partition coefficient (Wildman–Crippen LogP) is 2.42. The molecule has 0 spiro atoms. The highest BCUT2D eigenvalue weighted by Gasteiger charge is 2.32. The summed E-state index contributed by atoms with van der Waals surface area (Å²) in [6.45, 7) is 0. The van der Waals surface area contributed by atoms with Gasteiger partial charge in [0.05, 0.1) is 45.4 Å². The fourth-order valence-corrected chi connectivity index (χ4v) is 6.29. The summed E-state index contributed by atoms with van der Waals surface area (Å²) in [6, 6.07) is 0. The number of aliphatic imine (C=N–C) groups is 1. The number of fused-ring (bicyclic) bond motifs is 18. The van der Waals surface area contributed by atoms with Crippen LogP contribution in [-0.2, 0) is 45.4 Å². The Balaban J connectivity index is 1.42. The normalized spacial score (nSPS) is 21.2. The van der Waals surface area contributed by atoms with Crippen molar-refractivity contribution in [2.75, 3.05) is 0 Å². The van der Waals surface area contributed by atoms with Gasteiger partial charge in [-0.3, -0.25) is 0 Å². The zero-order chi connectivity index (χ0) is 23.4. The summed E-state index contributed by atoms with van der Waals surface area (Å²) in [5.41, 5.74) is 6.55. The molecule has 6 aliphatic heterocycles. The fraction of sp³-hybridized carbons (Fsp3) is 0.0625. The summed E-state index contributed by atoms with van der Waals surface area (Å²) < 4.78 is 35.3. The summed E-state index contributed by atoms with van der Waals surface area (Å²) in [7, 11) is 0. The maximum Gasteiger partial charge on any atom is 0.190 e. The Morgan fingerprint density at radius 1 is 0.472 bits per heavy atom. The summed E-state index contributed by atoms with van der Waals surface area (Å²) in [6.07, 6.45) is -0.656. The first-order valence-electron chi connectivity index (χ1n) is 10.1. The molecule has 0 saturated heterocycles. The average molecular weight is 549 g/mol. The Bertz CT molecular complexity index is 2260. The lowest BCUT2D eigenvalue weighted by molar-refractivity contribution is 0.790. The van der Waals surface area contributed by atoms with Crippen LogP contribution in [-0.4, -0.2) is 27.0 Å². The summed E-state index contributed by atoms with van der Waals surface area (Å²) >= 11 is 4.30. The Hall–Kier alpha value is -4.27. The molecule has 1 atom stereocenters. The maximum atomic E-state index is 4.79. The van der Waals surface area contributed by atoms with E-state index in [-0.39, 0.29) is 0 Å². The van der Waals surface area contributed by atoms with Gasteiger partial charge >= 0.3 is 0 Å². The number of nitrogens with zero attached hydrogens (tertiary/aromatic N) is 13. The number of amidine groups is 1. The predicted molar refractivity (Wildman–Crippen MR) is 131 cm³/mol. The van der Waals surface area contributed by atoms with Crippen molar-refractivity contribution in [2.45, 2.75) is 6.17 Å².